The molecule has 1 atom stereocenters. The molecule has 0 aliphatic rings. The molecule has 27 heavy (non-hydrogen) atoms. The number of hydrogen-bond acceptors (Lipinski definition) is 1. The third kappa shape index (κ3) is 5.99. The summed E-state index contributed by atoms with van der Waals surface area (Å²) in [6.07, 6.45) is 10.1. The Bertz CT molecular complexity index is 727. The fraction of sp³-hybridized carbons (Fsp3) is 0.462. The van der Waals surface area contributed by atoms with Gasteiger partial charge in [-0.05, 0) is 60.4 Å². The number of hydrogen-bond donors (Lipinski definition) is 0. The Morgan fingerprint density at radius 2 is 1.70 bits per heavy atom. The Morgan fingerprint density at radius 1 is 0.926 bits per heavy atom. The van der Waals surface area contributed by atoms with Gasteiger partial charge >= 0.3 is 0 Å². The summed E-state index contributed by atoms with van der Waals surface area (Å²) in [6, 6.07) is 15.5. The quantitative estimate of drug-likeness (QED) is 0.389. The van der Waals surface area contributed by atoms with Crippen molar-refractivity contribution < 1.29 is 4.74 Å². The molecule has 1 nitrogen and oxygen atoms in total. The van der Waals surface area contributed by atoms with Crippen LogP contribution in [0.2, 0.25) is 0 Å². The van der Waals surface area contributed by atoms with Crippen molar-refractivity contribution in [1.29, 1.82) is 0 Å². The van der Waals surface area contributed by atoms with Crippen LogP contribution in [0.25, 0.3) is 11.1 Å². The fourth-order valence-electron chi connectivity index (χ4n) is 3.50. The first-order valence-corrected chi connectivity index (χ1v) is 10.6. The predicted molar refractivity (Wildman–Crippen MR) is 119 cm³/mol. The number of ether oxygens (including phenoxy) is 1. The molecule has 0 spiro atoms. The Balaban J connectivity index is 2.49. The molecule has 0 fully saturated rings. The van der Waals surface area contributed by atoms with Crippen molar-refractivity contribution in [1.82, 2.24) is 0 Å². The highest BCUT2D eigenvalue weighted by atomic mass is 16.5. The molecule has 2 aromatic carbocycles. The van der Waals surface area contributed by atoms with E-state index in [-0.39, 0.29) is 6.10 Å². The van der Waals surface area contributed by atoms with Crippen LogP contribution in [-0.2, 0) is 6.42 Å². The van der Waals surface area contributed by atoms with Gasteiger partial charge < -0.3 is 4.74 Å². The van der Waals surface area contributed by atoms with Gasteiger partial charge in [0.25, 0.3) is 0 Å². The Morgan fingerprint density at radius 3 is 2.37 bits per heavy atom. The Labute approximate surface area is 166 Å². The van der Waals surface area contributed by atoms with Crippen LogP contribution in [0.4, 0.5) is 0 Å². The van der Waals surface area contributed by atoms with E-state index in [0.29, 0.717) is 5.92 Å². The van der Waals surface area contributed by atoms with Crippen molar-refractivity contribution in [2.24, 2.45) is 0 Å². The van der Waals surface area contributed by atoms with Crippen LogP contribution in [-0.4, -0.2) is 6.10 Å². The first-order chi connectivity index (χ1) is 13.1. The van der Waals surface area contributed by atoms with Crippen LogP contribution >= 0.6 is 0 Å². The third-order valence-electron chi connectivity index (χ3n) is 5.03. The maximum atomic E-state index is 6.49. The molecular formula is C26H36O. The van der Waals surface area contributed by atoms with E-state index in [1.54, 1.807) is 0 Å². The predicted octanol–water partition coefficient (Wildman–Crippen LogP) is 7.94. The maximum absolute atomic E-state index is 6.49. The molecule has 2 aromatic rings. The highest BCUT2D eigenvalue weighted by Gasteiger charge is 2.16. The SMILES string of the molecule is CC/C=C/Cc1ccc(OC(CC)CCC)c(-c2ccccc2C(C)C)c1. The lowest BCUT2D eigenvalue weighted by Gasteiger charge is -2.22. The fourth-order valence-corrected chi connectivity index (χ4v) is 3.50. The highest BCUT2D eigenvalue weighted by Crippen LogP contribution is 2.37. The van der Waals surface area contributed by atoms with Gasteiger partial charge in [-0.1, -0.05) is 83.5 Å². The van der Waals surface area contributed by atoms with E-state index in [2.05, 4.69) is 89.2 Å². The second-order valence-corrected chi connectivity index (χ2v) is 7.59. The normalized spacial score (nSPS) is 12.7. The molecule has 0 aliphatic carbocycles. The third-order valence-corrected chi connectivity index (χ3v) is 5.03. The first kappa shape index (κ1) is 21.3. The van der Waals surface area contributed by atoms with Gasteiger partial charge in [-0.2, -0.15) is 0 Å². The van der Waals surface area contributed by atoms with E-state index in [4.69, 9.17) is 4.74 Å². The van der Waals surface area contributed by atoms with Crippen LogP contribution in [0.15, 0.2) is 54.6 Å². The summed E-state index contributed by atoms with van der Waals surface area (Å²) >= 11 is 0. The lowest BCUT2D eigenvalue weighted by Crippen LogP contribution is -2.15. The molecule has 2 rings (SSSR count). The largest absolute Gasteiger partial charge is 0.490 e. The van der Waals surface area contributed by atoms with Gasteiger partial charge in [-0.15, -0.1) is 0 Å². The summed E-state index contributed by atoms with van der Waals surface area (Å²) in [6.45, 7) is 11.1. The van der Waals surface area contributed by atoms with E-state index in [1.807, 2.05) is 0 Å². The zero-order valence-electron chi connectivity index (χ0n) is 17.8. The topological polar surface area (TPSA) is 9.23 Å². The zero-order valence-corrected chi connectivity index (χ0v) is 17.8. The van der Waals surface area contributed by atoms with Crippen LogP contribution < -0.4 is 4.74 Å². The lowest BCUT2D eigenvalue weighted by atomic mass is 9.91. The smallest absolute Gasteiger partial charge is 0.127 e. The highest BCUT2D eigenvalue weighted by molar-refractivity contribution is 5.74. The average molecular weight is 365 g/mol. The van der Waals surface area contributed by atoms with Crippen LogP contribution in [0.5, 0.6) is 5.75 Å². The Kier molecular flexibility index (Phi) is 8.64. The molecule has 0 bridgehead atoms. The molecule has 0 N–H and O–H groups in total. The monoisotopic (exact) mass is 364 g/mol. The zero-order chi connectivity index (χ0) is 19.6. The van der Waals surface area contributed by atoms with Crippen LogP contribution in [0.1, 0.15) is 77.3 Å². The molecule has 146 valence electrons. The van der Waals surface area contributed by atoms with Gasteiger partial charge in [-0.25, -0.2) is 0 Å². The summed E-state index contributed by atoms with van der Waals surface area (Å²) in [4.78, 5) is 0. The number of benzene rings is 2. The summed E-state index contributed by atoms with van der Waals surface area (Å²) in [5.74, 6) is 1.50. The molecule has 0 heterocycles. The van der Waals surface area contributed by atoms with Gasteiger partial charge in [-0.3, -0.25) is 0 Å². The van der Waals surface area contributed by atoms with Gasteiger partial charge in [0, 0.05) is 5.56 Å². The van der Waals surface area contributed by atoms with Gasteiger partial charge in [0.2, 0.25) is 0 Å². The molecule has 0 radical (unpaired) electrons. The minimum absolute atomic E-state index is 0.283. The van der Waals surface area contributed by atoms with Crippen molar-refractivity contribution in [3.05, 3.63) is 65.7 Å². The van der Waals surface area contributed by atoms with Gasteiger partial charge in [0.15, 0.2) is 0 Å². The van der Waals surface area contributed by atoms with E-state index in [0.717, 1.165) is 37.9 Å². The molecule has 0 saturated carbocycles. The van der Waals surface area contributed by atoms with Crippen molar-refractivity contribution >= 4 is 0 Å². The van der Waals surface area contributed by atoms with E-state index in [9.17, 15) is 0 Å². The molecule has 1 unspecified atom stereocenters. The summed E-state index contributed by atoms with van der Waals surface area (Å²) in [5.41, 5.74) is 5.25. The van der Waals surface area contributed by atoms with Crippen molar-refractivity contribution in [2.75, 3.05) is 0 Å². The number of rotatable bonds is 10. The lowest BCUT2D eigenvalue weighted by molar-refractivity contribution is 0.186. The minimum atomic E-state index is 0.283. The molecule has 1 heteroatoms. The molecule has 0 saturated heterocycles. The average Bonchev–Trinajstić information content (AvgIpc) is 2.68. The van der Waals surface area contributed by atoms with Gasteiger partial charge in [0.05, 0.1) is 6.10 Å². The summed E-state index contributed by atoms with van der Waals surface area (Å²) < 4.78 is 6.49. The Hall–Kier alpha value is -2.02. The first-order valence-electron chi connectivity index (χ1n) is 10.6. The minimum Gasteiger partial charge on any atom is -0.490 e. The van der Waals surface area contributed by atoms with E-state index < -0.39 is 0 Å². The van der Waals surface area contributed by atoms with Crippen molar-refractivity contribution in [3.63, 3.8) is 0 Å². The molecule has 0 amide bonds. The van der Waals surface area contributed by atoms with Crippen LogP contribution in [0.3, 0.4) is 0 Å². The van der Waals surface area contributed by atoms with E-state index in [1.165, 1.54) is 22.3 Å². The molecule has 0 aliphatic heterocycles. The van der Waals surface area contributed by atoms with Crippen LogP contribution in [0, 0.1) is 0 Å². The standard InChI is InChI=1S/C26H36O/c1-6-9-10-14-21-17-18-26(27-22(8-3)13-7-2)25(19-21)24-16-12-11-15-23(24)20(4)5/h9-12,15-20,22H,6-8,13-14H2,1-5H3/b10-9+. The van der Waals surface area contributed by atoms with E-state index >= 15 is 0 Å². The van der Waals surface area contributed by atoms with Crippen molar-refractivity contribution in [2.45, 2.75) is 78.7 Å². The second kappa shape index (κ2) is 11.0. The van der Waals surface area contributed by atoms with Gasteiger partial charge in [0.1, 0.15) is 5.75 Å². The summed E-state index contributed by atoms with van der Waals surface area (Å²) in [7, 11) is 0. The molecular weight excluding hydrogens is 328 g/mol. The summed E-state index contributed by atoms with van der Waals surface area (Å²) in [5, 5.41) is 0. The second-order valence-electron chi connectivity index (χ2n) is 7.59. The maximum Gasteiger partial charge on any atom is 0.127 e. The van der Waals surface area contributed by atoms with Crippen molar-refractivity contribution in [3.8, 4) is 16.9 Å². The molecule has 0 aromatic heterocycles. The number of allylic oxidation sites excluding steroid dienone is 2.